The van der Waals surface area contributed by atoms with E-state index in [1.807, 2.05) is 6.92 Å². The monoisotopic (exact) mass is 860 g/mol. The average molecular weight is 861 g/mol. The minimum atomic E-state index is -1.76. The highest BCUT2D eigenvalue weighted by atomic mass is 16.8. The van der Waals surface area contributed by atoms with E-state index in [2.05, 4.69) is 0 Å². The molecule has 0 saturated carbocycles. The van der Waals surface area contributed by atoms with Gasteiger partial charge in [0.2, 0.25) is 0 Å². The fraction of sp³-hybridized carbons (Fsp3) is 0.974. The SMILES string of the molecule is CCCC(CCCCCCCC(O)CC(=O)O)O[C@@H]1O[C@H](CO[C@@H]2O[C@H](C)[C@H](O[C@@H]3O[C@H](C)[C@@H](O)[C@@H](O)[C@H]3O)[C@@H](O)[C@H]2O)[C@@H](O)[C@H](O)[C@H]1O[C@@H]1O[C@H](C)[C@@H](O)[C@@H](O)[C@H]1O. The number of carbonyl (C=O) groups is 1. The number of carboxylic acid groups (broad SMARTS) is 1. The van der Waals surface area contributed by atoms with Gasteiger partial charge in [0, 0.05) is 0 Å². The largest absolute Gasteiger partial charge is 0.481 e. The van der Waals surface area contributed by atoms with Crippen LogP contribution in [0.1, 0.15) is 91.9 Å². The Kier molecular flexibility index (Phi) is 20.0. The summed E-state index contributed by atoms with van der Waals surface area (Å²) in [5.74, 6) is -1.05. The van der Waals surface area contributed by atoms with Gasteiger partial charge in [0.05, 0.1) is 43.5 Å². The first-order chi connectivity index (χ1) is 27.9. The maximum absolute atomic E-state index is 11.5. The van der Waals surface area contributed by atoms with Crippen molar-refractivity contribution < 1.29 is 104 Å². The molecule has 0 bridgehead atoms. The lowest BCUT2D eigenvalue weighted by Crippen LogP contribution is -2.65. The first-order valence-corrected chi connectivity index (χ1v) is 20.8. The normalized spacial score (nSPS) is 44.3. The van der Waals surface area contributed by atoms with E-state index < -0.39 is 148 Å². The Labute approximate surface area is 343 Å². The van der Waals surface area contributed by atoms with Crippen molar-refractivity contribution in [3.8, 4) is 0 Å². The maximum atomic E-state index is 11.5. The number of rotatable bonds is 21. The van der Waals surface area contributed by atoms with Crippen LogP contribution in [0.2, 0.25) is 0 Å². The van der Waals surface area contributed by atoms with Crippen LogP contribution in [0.4, 0.5) is 0 Å². The maximum Gasteiger partial charge on any atom is 0.305 e. The molecule has 12 N–H and O–H groups in total. The van der Waals surface area contributed by atoms with Crippen molar-refractivity contribution in [3.05, 3.63) is 0 Å². The molecule has 0 spiro atoms. The molecule has 0 amide bonds. The van der Waals surface area contributed by atoms with Gasteiger partial charge in [-0.15, -0.1) is 0 Å². The molecule has 59 heavy (non-hydrogen) atoms. The molecule has 4 aliphatic heterocycles. The van der Waals surface area contributed by atoms with Crippen LogP contribution >= 0.6 is 0 Å². The summed E-state index contributed by atoms with van der Waals surface area (Å²) in [5, 5.41) is 125. The molecule has 0 aromatic rings. The van der Waals surface area contributed by atoms with Crippen molar-refractivity contribution in [1.82, 2.24) is 0 Å². The van der Waals surface area contributed by atoms with Crippen LogP contribution in [0.3, 0.4) is 0 Å². The second-order valence-corrected chi connectivity index (χ2v) is 16.3. The van der Waals surface area contributed by atoms with Gasteiger partial charge in [-0.2, -0.15) is 0 Å². The molecule has 0 aromatic heterocycles. The molecule has 0 aromatic carbocycles. The van der Waals surface area contributed by atoms with E-state index >= 15 is 0 Å². The van der Waals surface area contributed by atoms with Crippen LogP contribution in [0.25, 0.3) is 0 Å². The Morgan fingerprint density at radius 1 is 0.542 bits per heavy atom. The lowest BCUT2D eigenvalue weighted by Gasteiger charge is -2.47. The molecule has 0 radical (unpaired) electrons. The first-order valence-electron chi connectivity index (χ1n) is 20.8. The summed E-state index contributed by atoms with van der Waals surface area (Å²) in [6, 6.07) is 0. The minimum Gasteiger partial charge on any atom is -0.481 e. The van der Waals surface area contributed by atoms with Crippen molar-refractivity contribution in [2.75, 3.05) is 6.61 Å². The van der Waals surface area contributed by atoms with E-state index in [4.69, 9.17) is 43.0 Å². The van der Waals surface area contributed by atoms with Crippen molar-refractivity contribution in [3.63, 3.8) is 0 Å². The van der Waals surface area contributed by atoms with E-state index in [1.165, 1.54) is 20.8 Å². The predicted molar refractivity (Wildman–Crippen MR) is 198 cm³/mol. The second-order valence-electron chi connectivity index (χ2n) is 16.3. The standard InChI is InChI=1S/C38H68O21/c1-5-11-20(13-10-8-6-7-9-12-19(39)14-22(40)41)56-38-34(59-37-31(50)27(46)24(43)17(3)54-37)28(47)25(44)21(57-38)15-52-35-32(51)29(48)33(18(4)55-35)58-36-30(49)26(45)23(42)16(2)53-36/h16-21,23-39,42-51H,5-15H2,1-4H3,(H,40,41)/t16-,17-,18-,19?,20?,21-,23-,24-,25-,26-,27-,28+,29+,30-,31-,32-,33+,34-,35-,36+,37+,38-/m1/s1. The topological polar surface area (TPSA) is 334 Å². The Morgan fingerprint density at radius 2 is 1.03 bits per heavy atom. The molecular formula is C38H68O21. The third-order valence-corrected chi connectivity index (χ3v) is 11.5. The lowest BCUT2D eigenvalue weighted by molar-refractivity contribution is -0.377. The summed E-state index contributed by atoms with van der Waals surface area (Å²) in [6.45, 7) is 5.82. The first kappa shape index (κ1) is 50.4. The Hall–Kier alpha value is -1.29. The molecule has 4 fully saturated rings. The van der Waals surface area contributed by atoms with Gasteiger partial charge in [-0.3, -0.25) is 4.79 Å². The molecule has 22 atom stereocenters. The van der Waals surface area contributed by atoms with E-state index in [-0.39, 0.29) is 6.42 Å². The van der Waals surface area contributed by atoms with Crippen LogP contribution in [0, 0.1) is 0 Å². The van der Waals surface area contributed by atoms with Crippen LogP contribution in [0.15, 0.2) is 0 Å². The van der Waals surface area contributed by atoms with E-state index in [9.17, 15) is 61.0 Å². The molecular weight excluding hydrogens is 792 g/mol. The highest BCUT2D eigenvalue weighted by Gasteiger charge is 2.53. The summed E-state index contributed by atoms with van der Waals surface area (Å²) in [6.07, 6.45) is -25.1. The number of aliphatic hydroxyl groups is 11. The zero-order valence-electron chi connectivity index (χ0n) is 34.0. The number of unbranched alkanes of at least 4 members (excludes halogenated alkanes) is 4. The molecule has 21 nitrogen and oxygen atoms in total. The van der Waals surface area contributed by atoms with Crippen molar-refractivity contribution >= 4 is 5.97 Å². The van der Waals surface area contributed by atoms with Crippen LogP contribution in [0.5, 0.6) is 0 Å². The van der Waals surface area contributed by atoms with Gasteiger partial charge in [-0.25, -0.2) is 0 Å². The fourth-order valence-corrected chi connectivity index (χ4v) is 7.76. The highest BCUT2D eigenvalue weighted by Crippen LogP contribution is 2.34. The van der Waals surface area contributed by atoms with Crippen LogP contribution in [-0.4, -0.2) is 209 Å². The molecule has 4 saturated heterocycles. The summed E-state index contributed by atoms with van der Waals surface area (Å²) in [7, 11) is 0. The molecule has 4 rings (SSSR count). The number of hydrogen-bond donors (Lipinski definition) is 12. The number of carboxylic acids is 1. The zero-order valence-corrected chi connectivity index (χ0v) is 34.0. The van der Waals surface area contributed by atoms with E-state index in [0.717, 1.165) is 25.7 Å². The van der Waals surface area contributed by atoms with Crippen molar-refractivity contribution in [2.24, 2.45) is 0 Å². The molecule has 21 heteroatoms. The molecule has 4 aliphatic rings. The van der Waals surface area contributed by atoms with Gasteiger partial charge in [-0.05, 0) is 40.0 Å². The summed E-state index contributed by atoms with van der Waals surface area (Å²) in [5.41, 5.74) is 0. The number of aliphatic carboxylic acids is 1. The predicted octanol–water partition coefficient (Wildman–Crippen LogP) is -2.91. The molecule has 346 valence electrons. The Bertz CT molecular complexity index is 1240. The highest BCUT2D eigenvalue weighted by molar-refractivity contribution is 5.67. The Balaban J connectivity index is 1.40. The zero-order chi connectivity index (χ0) is 43.7. The van der Waals surface area contributed by atoms with Gasteiger partial charge in [0.25, 0.3) is 0 Å². The molecule has 2 unspecified atom stereocenters. The summed E-state index contributed by atoms with van der Waals surface area (Å²) in [4.78, 5) is 10.8. The minimum absolute atomic E-state index is 0.298. The summed E-state index contributed by atoms with van der Waals surface area (Å²) < 4.78 is 46.8. The van der Waals surface area contributed by atoms with Crippen molar-refractivity contribution in [2.45, 2.75) is 227 Å². The Morgan fingerprint density at radius 3 is 1.59 bits per heavy atom. The second kappa shape index (κ2) is 23.4. The quantitative estimate of drug-likeness (QED) is 0.0515. The van der Waals surface area contributed by atoms with E-state index in [0.29, 0.717) is 32.1 Å². The van der Waals surface area contributed by atoms with Crippen LogP contribution in [-0.2, 0) is 42.7 Å². The van der Waals surface area contributed by atoms with Gasteiger partial charge in [-0.1, -0.05) is 45.4 Å². The number of aliphatic hydroxyl groups excluding tert-OH is 11. The third-order valence-electron chi connectivity index (χ3n) is 11.5. The van der Waals surface area contributed by atoms with Gasteiger partial charge < -0.3 is 99.2 Å². The van der Waals surface area contributed by atoms with Crippen LogP contribution < -0.4 is 0 Å². The van der Waals surface area contributed by atoms with Gasteiger partial charge >= 0.3 is 5.97 Å². The average Bonchev–Trinajstić information content (AvgIpc) is 3.18. The summed E-state index contributed by atoms with van der Waals surface area (Å²) >= 11 is 0. The van der Waals surface area contributed by atoms with Gasteiger partial charge in [0.15, 0.2) is 25.2 Å². The number of ether oxygens (including phenoxy) is 8. The fourth-order valence-electron chi connectivity index (χ4n) is 7.76. The molecule has 4 heterocycles. The molecule has 0 aliphatic carbocycles. The van der Waals surface area contributed by atoms with Crippen molar-refractivity contribution in [1.29, 1.82) is 0 Å². The lowest BCUT2D eigenvalue weighted by atomic mass is 9.97. The third kappa shape index (κ3) is 13.4. The number of hydrogen-bond acceptors (Lipinski definition) is 20. The van der Waals surface area contributed by atoms with E-state index in [1.54, 1.807) is 0 Å². The smallest absolute Gasteiger partial charge is 0.305 e. The van der Waals surface area contributed by atoms with Gasteiger partial charge in [0.1, 0.15) is 79.4 Å².